The summed E-state index contributed by atoms with van der Waals surface area (Å²) in [5.74, 6) is -3.40. The number of carbonyl (C=O) groups is 1. The highest BCUT2D eigenvalue weighted by atomic mass is 16.7. The molecule has 1 fully saturated rings. The summed E-state index contributed by atoms with van der Waals surface area (Å²) in [6.07, 6.45) is 0. The van der Waals surface area contributed by atoms with Crippen LogP contribution in [0.1, 0.15) is 25.3 Å². The van der Waals surface area contributed by atoms with Crippen LogP contribution in [0.15, 0.2) is 30.3 Å². The highest BCUT2D eigenvalue weighted by Gasteiger charge is 2.51. The molecule has 1 aromatic rings. The topological polar surface area (TPSA) is 87.9 Å². The predicted molar refractivity (Wildman–Crippen MR) is 81.5 cm³/mol. The first-order valence-electron chi connectivity index (χ1n) is 7.59. The van der Waals surface area contributed by atoms with Gasteiger partial charge in [0.15, 0.2) is 5.79 Å². The Hall–Kier alpha value is -1.99. The highest BCUT2D eigenvalue weighted by molar-refractivity contribution is 5.75. The van der Waals surface area contributed by atoms with E-state index in [1.807, 2.05) is 6.07 Å². The molecular formula is C16H21NO6. The fraction of sp³-hybridized carbons (Fsp3) is 0.562. The number of hydrogen-bond acceptors (Lipinski definition) is 6. The molecule has 0 amide bonds. The van der Waals surface area contributed by atoms with Crippen LogP contribution in [0.2, 0.25) is 0 Å². The van der Waals surface area contributed by atoms with Gasteiger partial charge in [0.1, 0.15) is 5.92 Å². The molecule has 7 nitrogen and oxygen atoms in total. The SMILES string of the molecule is CCOC(=O)[C@@H]([C@@H](C[N+](=O)[O-])c1ccccc1)C1(C)OCCO1. The minimum absolute atomic E-state index is 0.186. The van der Waals surface area contributed by atoms with Crippen molar-refractivity contribution < 1.29 is 23.9 Å². The molecular weight excluding hydrogens is 302 g/mol. The lowest BCUT2D eigenvalue weighted by Gasteiger charge is -2.34. The summed E-state index contributed by atoms with van der Waals surface area (Å²) in [6.45, 7) is 3.79. The second-order valence-electron chi connectivity index (χ2n) is 5.48. The lowest BCUT2D eigenvalue weighted by Crippen LogP contribution is -2.46. The van der Waals surface area contributed by atoms with E-state index in [-0.39, 0.29) is 6.61 Å². The van der Waals surface area contributed by atoms with Gasteiger partial charge in [0.25, 0.3) is 0 Å². The van der Waals surface area contributed by atoms with Crippen molar-refractivity contribution in [3.8, 4) is 0 Å². The quantitative estimate of drug-likeness (QED) is 0.433. The Morgan fingerprint density at radius 1 is 1.35 bits per heavy atom. The first-order valence-corrected chi connectivity index (χ1v) is 7.59. The van der Waals surface area contributed by atoms with Crippen molar-refractivity contribution in [3.05, 3.63) is 46.0 Å². The van der Waals surface area contributed by atoms with Crippen molar-refractivity contribution in [1.29, 1.82) is 0 Å². The Morgan fingerprint density at radius 3 is 2.48 bits per heavy atom. The molecule has 23 heavy (non-hydrogen) atoms. The molecule has 1 heterocycles. The monoisotopic (exact) mass is 323 g/mol. The second kappa shape index (κ2) is 7.52. The summed E-state index contributed by atoms with van der Waals surface area (Å²) in [6, 6.07) is 8.90. The van der Waals surface area contributed by atoms with Crippen molar-refractivity contribution in [1.82, 2.24) is 0 Å². The normalized spacial score (nSPS) is 19.0. The van der Waals surface area contributed by atoms with Crippen LogP contribution < -0.4 is 0 Å². The van der Waals surface area contributed by atoms with Crippen molar-refractivity contribution in [2.24, 2.45) is 5.92 Å². The average Bonchev–Trinajstić information content (AvgIpc) is 2.94. The average molecular weight is 323 g/mol. The third-order valence-corrected chi connectivity index (χ3v) is 3.94. The fourth-order valence-corrected chi connectivity index (χ4v) is 2.95. The van der Waals surface area contributed by atoms with Gasteiger partial charge in [-0.3, -0.25) is 14.9 Å². The lowest BCUT2D eigenvalue weighted by atomic mass is 9.80. The Bertz CT molecular complexity index is 541. The Labute approximate surface area is 134 Å². The fourth-order valence-electron chi connectivity index (χ4n) is 2.95. The standard InChI is InChI=1S/C16H21NO6/c1-3-21-15(18)14(16(2)22-9-10-23-16)13(11-17(19)20)12-7-5-4-6-8-12/h4-8,13-14H,3,9-11H2,1-2H3/t13-,14+/m0/s1. The van der Waals surface area contributed by atoms with Gasteiger partial charge in [-0.1, -0.05) is 30.3 Å². The van der Waals surface area contributed by atoms with E-state index >= 15 is 0 Å². The van der Waals surface area contributed by atoms with Gasteiger partial charge in [-0.05, 0) is 19.4 Å². The number of ether oxygens (including phenoxy) is 3. The Morgan fingerprint density at radius 2 is 1.96 bits per heavy atom. The predicted octanol–water partition coefficient (Wildman–Crippen LogP) is 1.99. The number of benzene rings is 1. The van der Waals surface area contributed by atoms with Gasteiger partial charge in [-0.25, -0.2) is 0 Å². The van der Waals surface area contributed by atoms with Crippen molar-refractivity contribution in [2.75, 3.05) is 26.4 Å². The van der Waals surface area contributed by atoms with Crippen molar-refractivity contribution >= 4 is 5.97 Å². The maximum Gasteiger partial charge on any atom is 0.315 e. The molecule has 2 rings (SSSR count). The van der Waals surface area contributed by atoms with E-state index < -0.39 is 35.1 Å². The molecule has 0 saturated carbocycles. The molecule has 0 spiro atoms. The Kier molecular flexibility index (Phi) is 5.68. The lowest BCUT2D eigenvalue weighted by molar-refractivity contribution is -0.486. The number of nitrogens with zero attached hydrogens (tertiary/aromatic N) is 1. The van der Waals surface area contributed by atoms with Gasteiger partial charge in [0, 0.05) is 4.92 Å². The largest absolute Gasteiger partial charge is 0.466 e. The first kappa shape index (κ1) is 17.4. The second-order valence-corrected chi connectivity index (χ2v) is 5.48. The smallest absolute Gasteiger partial charge is 0.315 e. The molecule has 1 aliphatic rings. The summed E-state index contributed by atoms with van der Waals surface area (Å²) in [5, 5.41) is 11.2. The molecule has 0 unspecified atom stereocenters. The summed E-state index contributed by atoms with van der Waals surface area (Å²) in [4.78, 5) is 23.3. The van der Waals surface area contributed by atoms with Gasteiger partial charge >= 0.3 is 5.97 Å². The summed E-state index contributed by atoms with van der Waals surface area (Å²) in [7, 11) is 0. The number of nitro groups is 1. The molecule has 0 bridgehead atoms. The zero-order chi connectivity index (χ0) is 16.9. The van der Waals surface area contributed by atoms with Gasteiger partial charge < -0.3 is 14.2 Å². The molecule has 126 valence electrons. The molecule has 1 aromatic carbocycles. The molecule has 0 aliphatic carbocycles. The van der Waals surface area contributed by atoms with E-state index in [1.165, 1.54) is 0 Å². The van der Waals surface area contributed by atoms with Crippen molar-refractivity contribution in [2.45, 2.75) is 25.6 Å². The van der Waals surface area contributed by atoms with E-state index in [4.69, 9.17) is 14.2 Å². The minimum atomic E-state index is -1.23. The number of esters is 1. The van der Waals surface area contributed by atoms with Crippen LogP contribution in [-0.2, 0) is 19.0 Å². The van der Waals surface area contributed by atoms with E-state index in [9.17, 15) is 14.9 Å². The number of hydrogen-bond donors (Lipinski definition) is 0. The maximum absolute atomic E-state index is 12.5. The molecule has 0 aromatic heterocycles. The third kappa shape index (κ3) is 4.05. The minimum Gasteiger partial charge on any atom is -0.466 e. The summed E-state index contributed by atoms with van der Waals surface area (Å²) >= 11 is 0. The molecule has 7 heteroatoms. The molecule has 0 radical (unpaired) electrons. The molecule has 1 aliphatic heterocycles. The van der Waals surface area contributed by atoms with Crippen LogP contribution in [0, 0.1) is 16.0 Å². The number of rotatable bonds is 7. The maximum atomic E-state index is 12.5. The van der Waals surface area contributed by atoms with Crippen LogP contribution in [0.3, 0.4) is 0 Å². The zero-order valence-corrected chi connectivity index (χ0v) is 13.3. The summed E-state index contributed by atoms with van der Waals surface area (Å²) in [5.41, 5.74) is 0.683. The van der Waals surface area contributed by atoms with Crippen LogP contribution in [0.4, 0.5) is 0 Å². The third-order valence-electron chi connectivity index (χ3n) is 3.94. The number of carbonyl (C=O) groups excluding carboxylic acids is 1. The van der Waals surface area contributed by atoms with E-state index in [0.29, 0.717) is 18.8 Å². The van der Waals surface area contributed by atoms with E-state index in [2.05, 4.69) is 0 Å². The van der Waals surface area contributed by atoms with Crippen LogP contribution in [0.5, 0.6) is 0 Å². The highest BCUT2D eigenvalue weighted by Crippen LogP contribution is 2.39. The van der Waals surface area contributed by atoms with E-state index in [0.717, 1.165) is 0 Å². The van der Waals surface area contributed by atoms with E-state index in [1.54, 1.807) is 38.1 Å². The van der Waals surface area contributed by atoms with Gasteiger partial charge in [0.2, 0.25) is 6.54 Å². The van der Waals surface area contributed by atoms with Crippen LogP contribution in [0.25, 0.3) is 0 Å². The van der Waals surface area contributed by atoms with Crippen LogP contribution >= 0.6 is 0 Å². The molecule has 1 saturated heterocycles. The van der Waals surface area contributed by atoms with Gasteiger partial charge in [0.05, 0.1) is 25.7 Å². The van der Waals surface area contributed by atoms with Crippen LogP contribution in [-0.4, -0.2) is 43.0 Å². The molecule has 2 atom stereocenters. The van der Waals surface area contributed by atoms with Crippen molar-refractivity contribution in [3.63, 3.8) is 0 Å². The first-order chi connectivity index (χ1) is 11.0. The summed E-state index contributed by atoms with van der Waals surface area (Å²) < 4.78 is 16.4. The van der Waals surface area contributed by atoms with Gasteiger partial charge in [-0.2, -0.15) is 0 Å². The van der Waals surface area contributed by atoms with Gasteiger partial charge in [-0.15, -0.1) is 0 Å². The Balaban J connectivity index is 2.42. The zero-order valence-electron chi connectivity index (χ0n) is 13.3. The molecule has 0 N–H and O–H groups in total.